The molecule has 6 aromatic rings. The van der Waals surface area contributed by atoms with Crippen molar-refractivity contribution in [3.63, 3.8) is 0 Å². The van der Waals surface area contributed by atoms with E-state index in [0.717, 1.165) is 10.6 Å². The van der Waals surface area contributed by atoms with E-state index in [-0.39, 0.29) is 0 Å². The number of hydrogen-bond acceptors (Lipinski definition) is 0. The third kappa shape index (κ3) is 2.56. The Morgan fingerprint density at radius 2 is 1.10 bits per heavy atom. The SMILES string of the molecule is Clc1ccc(-c2cc3c4ccccc4c4ccccc4n3c2-c2ccccc2)cc1. The predicted molar refractivity (Wildman–Crippen MR) is 128 cm³/mol. The van der Waals surface area contributed by atoms with Gasteiger partial charge in [0.2, 0.25) is 0 Å². The fourth-order valence-corrected chi connectivity index (χ4v) is 4.65. The number of benzene rings is 4. The summed E-state index contributed by atoms with van der Waals surface area (Å²) in [5, 5.41) is 4.55. The third-order valence-corrected chi connectivity index (χ3v) is 6.09. The molecule has 30 heavy (non-hydrogen) atoms. The molecule has 6 rings (SSSR count). The van der Waals surface area contributed by atoms with Gasteiger partial charge in [0.05, 0.1) is 16.7 Å². The number of halogens is 1. The summed E-state index contributed by atoms with van der Waals surface area (Å²) in [5.74, 6) is 0. The van der Waals surface area contributed by atoms with Gasteiger partial charge in [-0.25, -0.2) is 0 Å². The maximum Gasteiger partial charge on any atom is 0.0613 e. The Kier molecular flexibility index (Phi) is 3.90. The maximum absolute atomic E-state index is 6.19. The van der Waals surface area contributed by atoms with Gasteiger partial charge in [0, 0.05) is 21.4 Å². The van der Waals surface area contributed by atoms with Crippen molar-refractivity contribution >= 4 is 38.8 Å². The molecule has 0 spiro atoms. The molecule has 1 nitrogen and oxygen atoms in total. The highest BCUT2D eigenvalue weighted by atomic mass is 35.5. The first kappa shape index (κ1) is 17.3. The van der Waals surface area contributed by atoms with E-state index in [1.807, 2.05) is 12.1 Å². The summed E-state index contributed by atoms with van der Waals surface area (Å²) < 4.78 is 2.41. The van der Waals surface area contributed by atoms with Crippen LogP contribution in [0, 0.1) is 0 Å². The zero-order valence-corrected chi connectivity index (χ0v) is 17.0. The first-order chi connectivity index (χ1) is 14.8. The summed E-state index contributed by atoms with van der Waals surface area (Å²) in [6.45, 7) is 0. The zero-order valence-electron chi connectivity index (χ0n) is 16.2. The lowest BCUT2D eigenvalue weighted by atomic mass is 10.0. The molecule has 0 radical (unpaired) electrons. The zero-order chi connectivity index (χ0) is 20.1. The summed E-state index contributed by atoms with van der Waals surface area (Å²) in [6.07, 6.45) is 0. The van der Waals surface area contributed by atoms with Gasteiger partial charge in [-0.1, -0.05) is 96.5 Å². The van der Waals surface area contributed by atoms with E-state index < -0.39 is 0 Å². The molecule has 0 unspecified atom stereocenters. The molecule has 2 heterocycles. The smallest absolute Gasteiger partial charge is 0.0613 e. The lowest BCUT2D eigenvalue weighted by Crippen LogP contribution is -1.94. The summed E-state index contributed by atoms with van der Waals surface area (Å²) in [6, 6.07) is 38.4. The van der Waals surface area contributed by atoms with E-state index in [0.29, 0.717) is 0 Å². The van der Waals surface area contributed by atoms with Crippen molar-refractivity contribution in [2.45, 2.75) is 0 Å². The van der Waals surface area contributed by atoms with Gasteiger partial charge in [0.1, 0.15) is 0 Å². The highest BCUT2D eigenvalue weighted by Gasteiger charge is 2.18. The number of fused-ring (bicyclic) bond motifs is 6. The number of hydrogen-bond donors (Lipinski definition) is 0. The van der Waals surface area contributed by atoms with Crippen LogP contribution in [-0.2, 0) is 0 Å². The molecule has 0 bridgehead atoms. The number of para-hydroxylation sites is 1. The van der Waals surface area contributed by atoms with Crippen molar-refractivity contribution in [2.75, 3.05) is 0 Å². The summed E-state index contributed by atoms with van der Waals surface area (Å²) in [7, 11) is 0. The van der Waals surface area contributed by atoms with Gasteiger partial charge in [-0.15, -0.1) is 0 Å². The van der Waals surface area contributed by atoms with Gasteiger partial charge in [-0.05, 0) is 40.8 Å². The third-order valence-electron chi connectivity index (χ3n) is 5.84. The molecule has 0 aliphatic rings. The Morgan fingerprint density at radius 3 is 1.83 bits per heavy atom. The average molecular weight is 404 g/mol. The molecule has 4 aromatic carbocycles. The maximum atomic E-state index is 6.19. The molecular weight excluding hydrogens is 386 g/mol. The lowest BCUT2D eigenvalue weighted by Gasteiger charge is -2.13. The second kappa shape index (κ2) is 6.76. The van der Waals surface area contributed by atoms with Crippen molar-refractivity contribution in [2.24, 2.45) is 0 Å². The Balaban J connectivity index is 1.87. The number of pyridine rings is 1. The van der Waals surface area contributed by atoms with Crippen LogP contribution in [0.2, 0.25) is 5.02 Å². The Labute approximate surface area is 179 Å². The number of aromatic nitrogens is 1. The summed E-state index contributed by atoms with van der Waals surface area (Å²) in [5.41, 5.74) is 7.20. The van der Waals surface area contributed by atoms with E-state index in [9.17, 15) is 0 Å². The summed E-state index contributed by atoms with van der Waals surface area (Å²) in [4.78, 5) is 0. The minimum atomic E-state index is 0.750. The van der Waals surface area contributed by atoms with Crippen LogP contribution in [0.1, 0.15) is 0 Å². The molecular formula is C28H18ClN. The van der Waals surface area contributed by atoms with E-state index in [1.165, 1.54) is 44.0 Å². The second-order valence-electron chi connectivity index (χ2n) is 7.56. The molecule has 0 aliphatic heterocycles. The number of rotatable bonds is 2. The van der Waals surface area contributed by atoms with Crippen LogP contribution in [0.25, 0.3) is 49.6 Å². The van der Waals surface area contributed by atoms with Gasteiger partial charge in [-0.3, -0.25) is 0 Å². The van der Waals surface area contributed by atoms with Gasteiger partial charge in [0.25, 0.3) is 0 Å². The minimum Gasteiger partial charge on any atom is -0.308 e. The summed E-state index contributed by atoms with van der Waals surface area (Å²) >= 11 is 6.19. The first-order valence-electron chi connectivity index (χ1n) is 10.1. The quantitative estimate of drug-likeness (QED) is 0.256. The Hall–Kier alpha value is -3.55. The number of nitrogens with zero attached hydrogens (tertiary/aromatic N) is 1. The molecule has 142 valence electrons. The van der Waals surface area contributed by atoms with E-state index >= 15 is 0 Å². The average Bonchev–Trinajstić information content (AvgIpc) is 3.21. The van der Waals surface area contributed by atoms with Gasteiger partial charge in [-0.2, -0.15) is 0 Å². The topological polar surface area (TPSA) is 4.41 Å². The van der Waals surface area contributed by atoms with Crippen LogP contribution < -0.4 is 0 Å². The van der Waals surface area contributed by atoms with Crippen molar-refractivity contribution in [3.8, 4) is 22.4 Å². The van der Waals surface area contributed by atoms with Crippen molar-refractivity contribution < 1.29 is 0 Å². The molecule has 0 saturated carbocycles. The van der Waals surface area contributed by atoms with Gasteiger partial charge < -0.3 is 4.40 Å². The van der Waals surface area contributed by atoms with Gasteiger partial charge in [0.15, 0.2) is 0 Å². The molecule has 2 heteroatoms. The van der Waals surface area contributed by atoms with Gasteiger partial charge >= 0.3 is 0 Å². The minimum absolute atomic E-state index is 0.750. The highest BCUT2D eigenvalue weighted by molar-refractivity contribution is 6.30. The van der Waals surface area contributed by atoms with Crippen LogP contribution in [0.4, 0.5) is 0 Å². The van der Waals surface area contributed by atoms with E-state index in [4.69, 9.17) is 11.6 Å². The molecule has 0 N–H and O–H groups in total. The molecule has 0 aliphatic carbocycles. The fourth-order valence-electron chi connectivity index (χ4n) is 4.53. The Morgan fingerprint density at radius 1 is 0.500 bits per heavy atom. The first-order valence-corrected chi connectivity index (χ1v) is 10.5. The highest BCUT2D eigenvalue weighted by Crippen LogP contribution is 2.41. The lowest BCUT2D eigenvalue weighted by molar-refractivity contribution is 1.28. The van der Waals surface area contributed by atoms with Crippen molar-refractivity contribution in [1.29, 1.82) is 0 Å². The van der Waals surface area contributed by atoms with Crippen LogP contribution in [-0.4, -0.2) is 4.40 Å². The molecule has 2 aromatic heterocycles. The standard InChI is InChI=1S/C28H18ClN/c29-21-16-14-19(15-17-21)25-18-27-24-12-5-4-10-22(24)23-11-6-7-13-26(23)30(27)28(25)20-8-2-1-3-9-20/h1-18H. The van der Waals surface area contributed by atoms with Crippen molar-refractivity contribution in [1.82, 2.24) is 4.40 Å². The largest absolute Gasteiger partial charge is 0.308 e. The van der Waals surface area contributed by atoms with Crippen LogP contribution in [0.15, 0.2) is 109 Å². The van der Waals surface area contributed by atoms with E-state index in [1.54, 1.807) is 0 Å². The molecule has 0 saturated heterocycles. The van der Waals surface area contributed by atoms with Crippen LogP contribution in [0.3, 0.4) is 0 Å². The fraction of sp³-hybridized carbons (Fsp3) is 0. The second-order valence-corrected chi connectivity index (χ2v) is 8.00. The van der Waals surface area contributed by atoms with E-state index in [2.05, 4.69) is 101 Å². The van der Waals surface area contributed by atoms with Crippen LogP contribution >= 0.6 is 11.6 Å². The predicted octanol–water partition coefficient (Wildman–Crippen LogP) is 8.23. The molecule has 0 fully saturated rings. The van der Waals surface area contributed by atoms with Crippen molar-refractivity contribution in [3.05, 3.63) is 114 Å². The molecule has 0 atom stereocenters. The normalized spacial score (nSPS) is 11.5. The monoisotopic (exact) mass is 403 g/mol. The molecule has 0 amide bonds. The van der Waals surface area contributed by atoms with Crippen LogP contribution in [0.5, 0.6) is 0 Å². The Bertz CT molecular complexity index is 1530.